The first-order valence-electron chi connectivity index (χ1n) is 7.64. The predicted octanol–water partition coefficient (Wildman–Crippen LogP) is 1.80. The topological polar surface area (TPSA) is 131 Å². The standard InChI is InChI=1S/C16H13FN4O5S/c1-9(16(22)19-10-6-7-12(17)13(8-10)21(23)24)18-15-11-4-2-3-5-14(11)27(25,26)20-15/h2-9H,1H3,(H,18,20)(H,19,22)/t9-/m0/s1. The molecule has 0 unspecified atom stereocenters. The molecule has 2 aromatic carbocycles. The average Bonchev–Trinajstić information content (AvgIpc) is 2.87. The summed E-state index contributed by atoms with van der Waals surface area (Å²) in [6, 6.07) is 8.10. The fourth-order valence-electron chi connectivity index (χ4n) is 2.46. The number of nitrogens with one attached hydrogen (secondary N) is 2. The number of nitrogens with zero attached hydrogens (tertiary/aromatic N) is 2. The Kier molecular flexibility index (Phi) is 4.62. The van der Waals surface area contributed by atoms with E-state index in [1.165, 1.54) is 19.1 Å². The lowest BCUT2D eigenvalue weighted by Gasteiger charge is -2.10. The van der Waals surface area contributed by atoms with E-state index in [1.54, 1.807) is 18.2 Å². The first-order valence-corrected chi connectivity index (χ1v) is 9.12. The SMILES string of the molecule is C[C@H](N=C1NS(=O)(=O)c2ccccc21)C(=O)Nc1ccc(F)c([N+](=O)[O-])c1. The zero-order chi connectivity index (χ0) is 19.8. The zero-order valence-electron chi connectivity index (χ0n) is 13.8. The molecule has 0 aliphatic carbocycles. The summed E-state index contributed by atoms with van der Waals surface area (Å²) in [6.07, 6.45) is 0. The molecule has 0 radical (unpaired) electrons. The van der Waals surface area contributed by atoms with Crippen LogP contribution in [0.2, 0.25) is 0 Å². The number of halogens is 1. The van der Waals surface area contributed by atoms with Crippen molar-refractivity contribution >= 4 is 33.1 Å². The Morgan fingerprint density at radius 3 is 2.70 bits per heavy atom. The number of benzene rings is 2. The smallest absolute Gasteiger partial charge is 0.306 e. The second kappa shape index (κ2) is 6.76. The Morgan fingerprint density at radius 2 is 2.00 bits per heavy atom. The van der Waals surface area contributed by atoms with Crippen LogP contribution < -0.4 is 10.0 Å². The number of nitro benzene ring substituents is 1. The van der Waals surface area contributed by atoms with Crippen LogP contribution in [0.3, 0.4) is 0 Å². The number of amidine groups is 1. The minimum Gasteiger partial charge on any atom is -0.324 e. The lowest BCUT2D eigenvalue weighted by Crippen LogP contribution is -2.28. The molecule has 2 aromatic rings. The molecule has 1 heterocycles. The number of fused-ring (bicyclic) bond motifs is 1. The van der Waals surface area contributed by atoms with Crippen LogP contribution in [0, 0.1) is 15.9 Å². The van der Waals surface area contributed by atoms with Gasteiger partial charge in [-0.25, -0.2) is 8.42 Å². The molecule has 140 valence electrons. The number of sulfonamides is 1. The number of carbonyl (C=O) groups is 1. The van der Waals surface area contributed by atoms with Crippen LogP contribution in [0.1, 0.15) is 12.5 Å². The Balaban J connectivity index is 1.82. The van der Waals surface area contributed by atoms with Crippen LogP contribution in [-0.4, -0.2) is 31.1 Å². The lowest BCUT2D eigenvalue weighted by atomic mass is 10.2. The molecular weight excluding hydrogens is 379 g/mol. The maximum absolute atomic E-state index is 13.4. The van der Waals surface area contributed by atoms with Gasteiger partial charge in [0.05, 0.1) is 9.82 Å². The van der Waals surface area contributed by atoms with E-state index in [9.17, 15) is 27.7 Å². The fourth-order valence-corrected chi connectivity index (χ4v) is 3.70. The van der Waals surface area contributed by atoms with E-state index in [0.717, 1.165) is 12.1 Å². The van der Waals surface area contributed by atoms with E-state index in [-0.39, 0.29) is 16.4 Å². The van der Waals surface area contributed by atoms with Gasteiger partial charge in [-0.15, -0.1) is 0 Å². The normalized spacial score (nSPS) is 17.0. The molecule has 3 rings (SSSR count). The Hall–Kier alpha value is -3.34. The largest absolute Gasteiger partial charge is 0.324 e. The van der Waals surface area contributed by atoms with Crippen LogP contribution in [0.15, 0.2) is 52.4 Å². The van der Waals surface area contributed by atoms with Gasteiger partial charge < -0.3 is 5.32 Å². The summed E-state index contributed by atoms with van der Waals surface area (Å²) in [4.78, 5) is 26.3. The Morgan fingerprint density at radius 1 is 1.30 bits per heavy atom. The van der Waals surface area contributed by atoms with Gasteiger partial charge >= 0.3 is 5.69 Å². The number of nitro groups is 1. The van der Waals surface area contributed by atoms with Crippen molar-refractivity contribution in [3.63, 3.8) is 0 Å². The highest BCUT2D eigenvalue weighted by Gasteiger charge is 2.31. The van der Waals surface area contributed by atoms with Crippen LogP contribution in [0.5, 0.6) is 0 Å². The third-order valence-corrected chi connectivity index (χ3v) is 5.17. The highest BCUT2D eigenvalue weighted by atomic mass is 32.2. The van der Waals surface area contributed by atoms with Crippen molar-refractivity contribution in [1.82, 2.24) is 4.72 Å². The Bertz CT molecular complexity index is 1080. The summed E-state index contributed by atoms with van der Waals surface area (Å²) in [6.45, 7) is 1.43. The number of carbonyl (C=O) groups excluding carboxylic acids is 1. The van der Waals surface area contributed by atoms with Crippen molar-refractivity contribution in [2.24, 2.45) is 4.99 Å². The van der Waals surface area contributed by atoms with E-state index in [1.807, 2.05) is 0 Å². The summed E-state index contributed by atoms with van der Waals surface area (Å²) in [7, 11) is -3.73. The molecule has 0 spiro atoms. The molecule has 1 atom stereocenters. The number of hydrogen-bond acceptors (Lipinski definition) is 6. The maximum Gasteiger partial charge on any atom is 0.306 e. The molecule has 27 heavy (non-hydrogen) atoms. The molecule has 2 N–H and O–H groups in total. The minimum atomic E-state index is -3.73. The number of hydrogen-bond donors (Lipinski definition) is 2. The minimum absolute atomic E-state index is 0.0209. The molecule has 0 bridgehead atoms. The van der Waals surface area contributed by atoms with Crippen LogP contribution >= 0.6 is 0 Å². The molecule has 0 saturated heterocycles. The summed E-state index contributed by atoms with van der Waals surface area (Å²) in [5, 5.41) is 13.2. The molecular formula is C16H13FN4O5S. The number of rotatable bonds is 4. The van der Waals surface area contributed by atoms with Gasteiger partial charge in [-0.2, -0.15) is 4.39 Å². The van der Waals surface area contributed by atoms with Crippen molar-refractivity contribution in [2.75, 3.05) is 5.32 Å². The molecule has 9 nitrogen and oxygen atoms in total. The molecule has 0 aromatic heterocycles. The van der Waals surface area contributed by atoms with Crippen LogP contribution in [-0.2, 0) is 14.8 Å². The van der Waals surface area contributed by atoms with Crippen molar-refractivity contribution in [3.8, 4) is 0 Å². The summed E-state index contributed by atoms with van der Waals surface area (Å²) in [5.74, 6) is -1.64. The lowest BCUT2D eigenvalue weighted by molar-refractivity contribution is -0.387. The van der Waals surface area contributed by atoms with Gasteiger partial charge in [-0.05, 0) is 31.2 Å². The van der Waals surface area contributed by atoms with Gasteiger partial charge in [-0.1, -0.05) is 12.1 Å². The summed E-state index contributed by atoms with van der Waals surface area (Å²) in [5.41, 5.74) is -0.411. The second-order valence-electron chi connectivity index (χ2n) is 5.67. The predicted molar refractivity (Wildman–Crippen MR) is 94.4 cm³/mol. The number of aliphatic imine (C=N–C) groups is 1. The summed E-state index contributed by atoms with van der Waals surface area (Å²) < 4.78 is 39.7. The van der Waals surface area contributed by atoms with Crippen molar-refractivity contribution in [1.29, 1.82) is 0 Å². The first kappa shape index (κ1) is 18.5. The van der Waals surface area contributed by atoms with Gasteiger partial charge in [0.2, 0.25) is 11.7 Å². The number of amides is 1. The number of anilines is 1. The molecule has 0 saturated carbocycles. The van der Waals surface area contributed by atoms with Crippen molar-refractivity contribution in [2.45, 2.75) is 17.9 Å². The van der Waals surface area contributed by atoms with Gasteiger partial charge in [-0.3, -0.25) is 24.6 Å². The fraction of sp³-hybridized carbons (Fsp3) is 0.125. The second-order valence-corrected chi connectivity index (χ2v) is 7.32. The first-order chi connectivity index (χ1) is 12.7. The molecule has 1 aliphatic heterocycles. The molecule has 11 heteroatoms. The monoisotopic (exact) mass is 392 g/mol. The van der Waals surface area contributed by atoms with E-state index < -0.39 is 38.4 Å². The molecule has 1 aliphatic rings. The third-order valence-electron chi connectivity index (χ3n) is 3.78. The van der Waals surface area contributed by atoms with Gasteiger partial charge in [0.25, 0.3) is 10.0 Å². The Labute approximate surface area is 153 Å². The van der Waals surface area contributed by atoms with Crippen molar-refractivity contribution < 1.29 is 22.5 Å². The third kappa shape index (κ3) is 3.62. The van der Waals surface area contributed by atoms with Crippen molar-refractivity contribution in [3.05, 3.63) is 64.0 Å². The quantitative estimate of drug-likeness (QED) is 0.605. The molecule has 1 amide bonds. The maximum atomic E-state index is 13.4. The zero-order valence-corrected chi connectivity index (χ0v) is 14.7. The van der Waals surface area contributed by atoms with Crippen LogP contribution in [0.25, 0.3) is 0 Å². The van der Waals surface area contributed by atoms with E-state index in [2.05, 4.69) is 15.0 Å². The molecule has 0 fully saturated rings. The van der Waals surface area contributed by atoms with E-state index in [4.69, 9.17) is 0 Å². The highest BCUT2D eigenvalue weighted by molar-refractivity contribution is 7.90. The summed E-state index contributed by atoms with van der Waals surface area (Å²) >= 11 is 0. The highest BCUT2D eigenvalue weighted by Crippen LogP contribution is 2.24. The van der Waals surface area contributed by atoms with Gasteiger partial charge in [0, 0.05) is 17.3 Å². The average molecular weight is 392 g/mol. The van der Waals surface area contributed by atoms with Gasteiger partial charge in [0.1, 0.15) is 11.9 Å². The van der Waals surface area contributed by atoms with E-state index >= 15 is 0 Å². The van der Waals surface area contributed by atoms with E-state index in [0.29, 0.717) is 5.56 Å². The van der Waals surface area contributed by atoms with Gasteiger partial charge in [0.15, 0.2) is 0 Å². The van der Waals surface area contributed by atoms with Crippen LogP contribution in [0.4, 0.5) is 15.8 Å².